The van der Waals surface area contributed by atoms with Crippen molar-refractivity contribution in [2.75, 3.05) is 34.7 Å². The predicted molar refractivity (Wildman–Crippen MR) is 124 cm³/mol. The van der Waals surface area contributed by atoms with Gasteiger partial charge in [-0.2, -0.15) is 0 Å². The molecule has 0 radical (unpaired) electrons. The summed E-state index contributed by atoms with van der Waals surface area (Å²) in [5.41, 5.74) is 1.78. The number of anilines is 2. The second-order valence-electron chi connectivity index (χ2n) is 7.59. The first kappa shape index (κ1) is 20.8. The molecular formula is C23H22N2O5S2. The second-order valence-corrected chi connectivity index (χ2v) is 10.6. The van der Waals surface area contributed by atoms with E-state index in [0.717, 1.165) is 4.88 Å². The number of rotatable bonds is 5. The molecule has 0 N–H and O–H groups in total. The van der Waals surface area contributed by atoms with E-state index in [2.05, 4.69) is 0 Å². The summed E-state index contributed by atoms with van der Waals surface area (Å²) in [4.78, 5) is 16.3. The number of nitrogens with zero attached hydrogens (tertiary/aromatic N) is 2. The highest BCUT2D eigenvalue weighted by atomic mass is 32.2. The van der Waals surface area contributed by atoms with Gasteiger partial charge in [0.2, 0.25) is 10.0 Å². The summed E-state index contributed by atoms with van der Waals surface area (Å²) in [6, 6.07) is 16.2. The Kier molecular flexibility index (Phi) is 5.52. The maximum atomic E-state index is 13.5. The molecule has 2 aromatic carbocycles. The van der Waals surface area contributed by atoms with Crippen molar-refractivity contribution in [1.29, 1.82) is 0 Å². The van der Waals surface area contributed by atoms with Gasteiger partial charge in [0.15, 0.2) is 11.5 Å². The number of thiophene rings is 1. The minimum atomic E-state index is -3.26. The molecule has 1 amide bonds. The molecule has 3 heterocycles. The molecule has 1 fully saturated rings. The van der Waals surface area contributed by atoms with Crippen LogP contribution in [0, 0.1) is 0 Å². The summed E-state index contributed by atoms with van der Waals surface area (Å²) in [7, 11) is -3.26. The van der Waals surface area contributed by atoms with Gasteiger partial charge in [0.1, 0.15) is 13.2 Å². The summed E-state index contributed by atoms with van der Waals surface area (Å²) in [5.74, 6) is 1.27. The fourth-order valence-corrected chi connectivity index (χ4v) is 6.15. The van der Waals surface area contributed by atoms with Crippen molar-refractivity contribution >= 4 is 38.6 Å². The molecule has 0 unspecified atom stereocenters. The molecule has 0 saturated carbocycles. The molecule has 2 aliphatic rings. The van der Waals surface area contributed by atoms with E-state index in [0.29, 0.717) is 61.2 Å². The first-order chi connectivity index (χ1) is 15.5. The van der Waals surface area contributed by atoms with E-state index in [4.69, 9.17) is 9.47 Å². The maximum Gasteiger partial charge on any atom is 0.258 e. The highest BCUT2D eigenvalue weighted by Gasteiger charge is 2.29. The molecule has 5 rings (SSSR count). The largest absolute Gasteiger partial charge is 0.486 e. The fourth-order valence-electron chi connectivity index (χ4n) is 3.89. The molecule has 32 heavy (non-hydrogen) atoms. The third-order valence-electron chi connectivity index (χ3n) is 5.48. The lowest BCUT2D eigenvalue weighted by atomic mass is 10.1. The van der Waals surface area contributed by atoms with Gasteiger partial charge >= 0.3 is 0 Å². The molecule has 1 aromatic heterocycles. The van der Waals surface area contributed by atoms with E-state index in [-0.39, 0.29) is 11.7 Å². The molecule has 7 nitrogen and oxygen atoms in total. The van der Waals surface area contributed by atoms with E-state index in [1.165, 1.54) is 4.31 Å². The zero-order valence-corrected chi connectivity index (χ0v) is 18.9. The van der Waals surface area contributed by atoms with Crippen molar-refractivity contribution in [3.8, 4) is 11.5 Å². The Morgan fingerprint density at radius 2 is 1.81 bits per heavy atom. The van der Waals surface area contributed by atoms with Crippen LogP contribution in [0.3, 0.4) is 0 Å². The summed E-state index contributed by atoms with van der Waals surface area (Å²) in [6.07, 6.45) is 0.613. The molecule has 1 saturated heterocycles. The first-order valence-corrected chi connectivity index (χ1v) is 12.8. The van der Waals surface area contributed by atoms with Crippen LogP contribution in [0.1, 0.15) is 21.7 Å². The Bertz CT molecular complexity index is 1220. The Labute approximate surface area is 190 Å². The van der Waals surface area contributed by atoms with Crippen molar-refractivity contribution in [3.05, 3.63) is 70.4 Å². The molecule has 0 spiro atoms. The second kappa shape index (κ2) is 8.48. The molecule has 3 aromatic rings. The number of benzene rings is 2. The fraction of sp³-hybridized carbons (Fsp3) is 0.261. The maximum absolute atomic E-state index is 13.5. The molecule has 166 valence electrons. The van der Waals surface area contributed by atoms with E-state index >= 15 is 0 Å². The minimum Gasteiger partial charge on any atom is -0.486 e. The third kappa shape index (κ3) is 4.05. The standard InChI is InChI=1S/C23H22N2O5S2/c26-23(17-4-6-18(7-5-17)25-10-2-14-32(25,27)28)24(16-20-3-1-13-31-20)19-8-9-21-22(15-19)30-12-11-29-21/h1,3-9,13,15H,2,10-12,14,16H2. The molecule has 2 aliphatic heterocycles. The van der Waals surface area contributed by atoms with Crippen LogP contribution in [0.4, 0.5) is 11.4 Å². The van der Waals surface area contributed by atoms with Gasteiger partial charge < -0.3 is 14.4 Å². The van der Waals surface area contributed by atoms with Gasteiger partial charge in [0, 0.05) is 28.7 Å². The van der Waals surface area contributed by atoms with Crippen molar-refractivity contribution in [3.63, 3.8) is 0 Å². The minimum absolute atomic E-state index is 0.159. The van der Waals surface area contributed by atoms with Gasteiger partial charge in [-0.3, -0.25) is 9.10 Å². The highest BCUT2D eigenvalue weighted by Crippen LogP contribution is 2.35. The number of ether oxygens (including phenoxy) is 2. The van der Waals surface area contributed by atoms with Crippen LogP contribution in [0.5, 0.6) is 11.5 Å². The van der Waals surface area contributed by atoms with Gasteiger partial charge in [0.25, 0.3) is 5.91 Å². The quantitative estimate of drug-likeness (QED) is 0.565. The van der Waals surface area contributed by atoms with E-state index < -0.39 is 10.0 Å². The molecule has 0 bridgehead atoms. The molecular weight excluding hydrogens is 448 g/mol. The van der Waals surface area contributed by atoms with Crippen LogP contribution in [-0.4, -0.2) is 39.8 Å². The van der Waals surface area contributed by atoms with Crippen LogP contribution in [0.2, 0.25) is 0 Å². The number of amides is 1. The van der Waals surface area contributed by atoms with Crippen LogP contribution < -0.4 is 18.7 Å². The lowest BCUT2D eigenvalue weighted by Crippen LogP contribution is -2.30. The Hall–Kier alpha value is -3.04. The summed E-state index contributed by atoms with van der Waals surface area (Å²) in [5, 5.41) is 1.98. The Morgan fingerprint density at radius 3 is 2.50 bits per heavy atom. The monoisotopic (exact) mass is 470 g/mol. The van der Waals surface area contributed by atoms with Crippen molar-refractivity contribution in [2.24, 2.45) is 0 Å². The van der Waals surface area contributed by atoms with Crippen LogP contribution >= 0.6 is 11.3 Å². The SMILES string of the molecule is O=C(c1ccc(N2CCCS2(=O)=O)cc1)N(Cc1cccs1)c1ccc2c(c1)OCCO2. The number of sulfonamides is 1. The van der Waals surface area contributed by atoms with Crippen molar-refractivity contribution in [1.82, 2.24) is 0 Å². The zero-order valence-electron chi connectivity index (χ0n) is 17.3. The van der Waals surface area contributed by atoms with Crippen LogP contribution in [0.25, 0.3) is 0 Å². The summed E-state index contributed by atoms with van der Waals surface area (Å²) < 4.78 is 37.1. The van der Waals surface area contributed by atoms with Crippen molar-refractivity contribution < 1.29 is 22.7 Å². The molecule has 0 atom stereocenters. The lowest BCUT2D eigenvalue weighted by Gasteiger charge is -2.25. The van der Waals surface area contributed by atoms with E-state index in [1.54, 1.807) is 40.5 Å². The van der Waals surface area contributed by atoms with Crippen LogP contribution in [-0.2, 0) is 16.6 Å². The topological polar surface area (TPSA) is 76.2 Å². The predicted octanol–water partition coefficient (Wildman–Crippen LogP) is 3.91. The molecule has 9 heteroatoms. The average molecular weight is 471 g/mol. The first-order valence-electron chi connectivity index (χ1n) is 10.4. The summed E-state index contributed by atoms with van der Waals surface area (Å²) >= 11 is 1.58. The normalized spacial score (nSPS) is 16.7. The smallest absolute Gasteiger partial charge is 0.258 e. The van der Waals surface area contributed by atoms with Gasteiger partial charge in [-0.05, 0) is 54.3 Å². The highest BCUT2D eigenvalue weighted by molar-refractivity contribution is 7.93. The van der Waals surface area contributed by atoms with Gasteiger partial charge in [0.05, 0.1) is 18.0 Å². The average Bonchev–Trinajstić information content (AvgIpc) is 3.45. The van der Waals surface area contributed by atoms with E-state index in [9.17, 15) is 13.2 Å². The number of carbonyl (C=O) groups excluding carboxylic acids is 1. The van der Waals surface area contributed by atoms with Crippen molar-refractivity contribution in [2.45, 2.75) is 13.0 Å². The Morgan fingerprint density at radius 1 is 1.03 bits per heavy atom. The molecule has 0 aliphatic carbocycles. The number of carbonyl (C=O) groups is 1. The van der Waals surface area contributed by atoms with Gasteiger partial charge in [-0.15, -0.1) is 11.3 Å². The zero-order chi connectivity index (χ0) is 22.1. The lowest BCUT2D eigenvalue weighted by molar-refractivity contribution is 0.0985. The number of fused-ring (bicyclic) bond motifs is 1. The number of hydrogen-bond donors (Lipinski definition) is 0. The van der Waals surface area contributed by atoms with Gasteiger partial charge in [-0.1, -0.05) is 6.07 Å². The Balaban J connectivity index is 1.45. The van der Waals surface area contributed by atoms with E-state index in [1.807, 2.05) is 35.7 Å². The van der Waals surface area contributed by atoms with Crippen LogP contribution in [0.15, 0.2) is 60.0 Å². The summed E-state index contributed by atoms with van der Waals surface area (Å²) in [6.45, 7) is 1.86. The van der Waals surface area contributed by atoms with Gasteiger partial charge in [-0.25, -0.2) is 8.42 Å². The third-order valence-corrected chi connectivity index (χ3v) is 8.21. The number of hydrogen-bond acceptors (Lipinski definition) is 6.